The summed E-state index contributed by atoms with van der Waals surface area (Å²) >= 11 is 0. The Morgan fingerprint density at radius 2 is 2.30 bits per heavy atom. The molecule has 0 amide bonds. The van der Waals surface area contributed by atoms with E-state index >= 15 is 0 Å². The minimum Gasteiger partial charge on any atom is -0.493 e. The van der Waals surface area contributed by atoms with Crippen molar-refractivity contribution >= 4 is 0 Å². The molecule has 1 saturated heterocycles. The fraction of sp³-hybridized carbons (Fsp3) is 0.786. The molecule has 0 aromatic carbocycles. The van der Waals surface area contributed by atoms with Crippen molar-refractivity contribution in [2.24, 2.45) is 0 Å². The molecule has 0 radical (unpaired) electrons. The first-order valence-electron chi connectivity index (χ1n) is 7.23. The number of nitrogens with one attached hydrogen (secondary N) is 1. The molecule has 6 nitrogen and oxygen atoms in total. The van der Waals surface area contributed by atoms with Gasteiger partial charge in [0.2, 0.25) is 0 Å². The van der Waals surface area contributed by atoms with E-state index in [0.29, 0.717) is 19.8 Å². The summed E-state index contributed by atoms with van der Waals surface area (Å²) < 4.78 is 18.9. The van der Waals surface area contributed by atoms with Gasteiger partial charge in [0.05, 0.1) is 39.2 Å². The lowest BCUT2D eigenvalue weighted by molar-refractivity contribution is -0.103. The van der Waals surface area contributed by atoms with Gasteiger partial charge in [-0.15, -0.1) is 0 Å². The summed E-state index contributed by atoms with van der Waals surface area (Å²) in [6.07, 6.45) is 1.75. The third kappa shape index (κ3) is 3.13. The molecule has 2 unspecified atom stereocenters. The molecule has 1 aromatic heterocycles. The lowest BCUT2D eigenvalue weighted by atomic mass is 10.1. The summed E-state index contributed by atoms with van der Waals surface area (Å²) in [5, 5.41) is 7.92. The maximum atomic E-state index is 5.87. The average molecular weight is 283 g/mol. The van der Waals surface area contributed by atoms with E-state index in [1.165, 1.54) is 0 Å². The highest BCUT2D eigenvalue weighted by atomic mass is 16.6. The summed E-state index contributed by atoms with van der Waals surface area (Å²) in [7, 11) is 1.67. The molecule has 2 heterocycles. The van der Waals surface area contributed by atoms with Crippen LogP contribution < -0.4 is 10.1 Å². The zero-order chi connectivity index (χ0) is 14.5. The van der Waals surface area contributed by atoms with Gasteiger partial charge in [-0.05, 0) is 20.4 Å². The van der Waals surface area contributed by atoms with Crippen LogP contribution in [0.5, 0.6) is 5.75 Å². The van der Waals surface area contributed by atoms with E-state index in [1.54, 1.807) is 13.3 Å². The number of aromatic nitrogens is 2. The second-order valence-corrected chi connectivity index (χ2v) is 5.16. The van der Waals surface area contributed by atoms with Crippen molar-refractivity contribution in [1.29, 1.82) is 0 Å². The monoisotopic (exact) mass is 283 g/mol. The van der Waals surface area contributed by atoms with Crippen LogP contribution >= 0.6 is 0 Å². The van der Waals surface area contributed by atoms with Crippen molar-refractivity contribution in [2.75, 3.05) is 33.5 Å². The van der Waals surface area contributed by atoms with Crippen molar-refractivity contribution in [1.82, 2.24) is 15.1 Å². The van der Waals surface area contributed by atoms with Crippen molar-refractivity contribution in [3.63, 3.8) is 0 Å². The maximum Gasteiger partial charge on any atom is 0.161 e. The Bertz CT molecular complexity index is 414. The van der Waals surface area contributed by atoms with Crippen LogP contribution in [0.2, 0.25) is 0 Å². The van der Waals surface area contributed by atoms with Crippen LogP contribution in [0.15, 0.2) is 6.20 Å². The van der Waals surface area contributed by atoms with Gasteiger partial charge in [-0.2, -0.15) is 5.10 Å². The normalized spacial score (nSPS) is 21.1. The van der Waals surface area contributed by atoms with Crippen molar-refractivity contribution in [2.45, 2.75) is 39.0 Å². The molecule has 6 heteroatoms. The molecule has 0 aliphatic carbocycles. The van der Waals surface area contributed by atoms with Crippen LogP contribution in [0.25, 0.3) is 0 Å². The van der Waals surface area contributed by atoms with Crippen LogP contribution in [0.4, 0.5) is 0 Å². The Labute approximate surface area is 120 Å². The first-order valence-corrected chi connectivity index (χ1v) is 7.23. The Morgan fingerprint density at radius 1 is 1.50 bits per heavy atom. The van der Waals surface area contributed by atoms with Crippen LogP contribution in [0.1, 0.15) is 38.5 Å². The first kappa shape index (κ1) is 15.3. The molecule has 1 aliphatic heterocycles. The van der Waals surface area contributed by atoms with Crippen molar-refractivity contribution in [3.8, 4) is 5.75 Å². The van der Waals surface area contributed by atoms with Crippen LogP contribution in [-0.2, 0) is 9.47 Å². The number of rotatable bonds is 6. The second kappa shape index (κ2) is 7.06. The quantitative estimate of drug-likeness (QED) is 0.858. The van der Waals surface area contributed by atoms with Gasteiger partial charge in [-0.25, -0.2) is 0 Å². The van der Waals surface area contributed by atoms with Gasteiger partial charge in [-0.1, -0.05) is 6.92 Å². The van der Waals surface area contributed by atoms with Crippen LogP contribution in [-0.4, -0.2) is 49.4 Å². The Kier molecular flexibility index (Phi) is 5.39. The molecule has 2 atom stereocenters. The van der Waals surface area contributed by atoms with E-state index in [2.05, 4.69) is 31.2 Å². The predicted octanol–water partition coefficient (Wildman–Crippen LogP) is 1.54. The molecule has 0 saturated carbocycles. The van der Waals surface area contributed by atoms with E-state index in [1.807, 2.05) is 4.68 Å². The van der Waals surface area contributed by atoms with Gasteiger partial charge in [0.25, 0.3) is 0 Å². The van der Waals surface area contributed by atoms with E-state index in [9.17, 15) is 0 Å². The summed E-state index contributed by atoms with van der Waals surface area (Å²) in [4.78, 5) is 0. The number of hydrogen-bond acceptors (Lipinski definition) is 5. The fourth-order valence-corrected chi connectivity index (χ4v) is 2.54. The predicted molar refractivity (Wildman–Crippen MR) is 76.1 cm³/mol. The highest BCUT2D eigenvalue weighted by Crippen LogP contribution is 2.31. The summed E-state index contributed by atoms with van der Waals surface area (Å²) in [5.74, 6) is 0.791. The molecule has 114 valence electrons. The summed E-state index contributed by atoms with van der Waals surface area (Å²) in [6.45, 7) is 9.02. The van der Waals surface area contributed by atoms with Gasteiger partial charge in [0.1, 0.15) is 11.8 Å². The minimum absolute atomic E-state index is 0.0140. The van der Waals surface area contributed by atoms with Gasteiger partial charge >= 0.3 is 0 Å². The third-order valence-electron chi connectivity index (χ3n) is 3.44. The number of ether oxygens (including phenoxy) is 3. The number of hydrogen-bond donors (Lipinski definition) is 1. The van der Waals surface area contributed by atoms with Gasteiger partial charge < -0.3 is 19.5 Å². The molecular weight excluding hydrogens is 258 g/mol. The SMILES string of the molecule is CCNC(c1c(OC)cnn1C(C)C)C1COCCO1. The van der Waals surface area contributed by atoms with Crippen LogP contribution in [0, 0.1) is 0 Å². The molecule has 1 N–H and O–H groups in total. The van der Waals surface area contributed by atoms with E-state index in [0.717, 1.165) is 18.0 Å². The Balaban J connectivity index is 2.33. The minimum atomic E-state index is -0.0215. The molecule has 2 rings (SSSR count). The smallest absolute Gasteiger partial charge is 0.161 e. The lowest BCUT2D eigenvalue weighted by Crippen LogP contribution is -2.41. The highest BCUT2D eigenvalue weighted by molar-refractivity contribution is 5.30. The topological polar surface area (TPSA) is 57.5 Å². The highest BCUT2D eigenvalue weighted by Gasteiger charge is 2.32. The van der Waals surface area contributed by atoms with E-state index in [4.69, 9.17) is 14.2 Å². The molecule has 20 heavy (non-hydrogen) atoms. The average Bonchev–Trinajstić information content (AvgIpc) is 2.89. The lowest BCUT2D eigenvalue weighted by Gasteiger charge is -2.32. The summed E-state index contributed by atoms with van der Waals surface area (Å²) in [6, 6.07) is 0.278. The first-order chi connectivity index (χ1) is 9.69. The number of nitrogens with zero attached hydrogens (tertiary/aromatic N) is 2. The Hall–Kier alpha value is -1.11. The summed E-state index contributed by atoms with van der Waals surface area (Å²) in [5.41, 5.74) is 1.03. The van der Waals surface area contributed by atoms with Crippen molar-refractivity contribution in [3.05, 3.63) is 11.9 Å². The van der Waals surface area contributed by atoms with E-state index < -0.39 is 0 Å². The zero-order valence-electron chi connectivity index (χ0n) is 12.8. The largest absolute Gasteiger partial charge is 0.493 e. The van der Waals surface area contributed by atoms with E-state index in [-0.39, 0.29) is 18.2 Å². The fourth-order valence-electron chi connectivity index (χ4n) is 2.54. The maximum absolute atomic E-state index is 5.87. The zero-order valence-corrected chi connectivity index (χ0v) is 12.8. The molecule has 1 fully saturated rings. The van der Waals surface area contributed by atoms with Gasteiger partial charge in [-0.3, -0.25) is 4.68 Å². The van der Waals surface area contributed by atoms with Crippen molar-refractivity contribution < 1.29 is 14.2 Å². The van der Waals surface area contributed by atoms with Crippen LogP contribution in [0.3, 0.4) is 0 Å². The number of methoxy groups -OCH3 is 1. The van der Waals surface area contributed by atoms with Gasteiger partial charge in [0.15, 0.2) is 5.75 Å². The third-order valence-corrected chi connectivity index (χ3v) is 3.44. The molecular formula is C14H25N3O3. The van der Waals surface area contributed by atoms with Gasteiger partial charge in [0, 0.05) is 6.04 Å². The molecule has 1 aliphatic rings. The molecule has 0 bridgehead atoms. The molecule has 1 aromatic rings. The Morgan fingerprint density at radius 3 is 2.85 bits per heavy atom. The molecule has 0 spiro atoms. The second-order valence-electron chi connectivity index (χ2n) is 5.16. The number of likely N-dealkylation sites (N-methyl/N-ethyl adjacent to an activating group) is 1. The standard InChI is InChI=1S/C14H25N3O3/c1-5-15-13(12-9-19-6-7-20-12)14-11(18-4)8-16-17(14)10(2)3/h8,10,12-13,15H,5-7,9H2,1-4H3.